The van der Waals surface area contributed by atoms with E-state index < -0.39 is 0 Å². The molecule has 1 aromatic carbocycles. The van der Waals surface area contributed by atoms with Crippen molar-refractivity contribution in [3.05, 3.63) is 59.5 Å². The molecule has 2 heterocycles. The fourth-order valence-corrected chi connectivity index (χ4v) is 3.30. The SMILES string of the molecule is CCOC(=O)c1ccc(N2CCN(CC(=O)NCCc3ccc(F)cc3)CC2)nc1. The Balaban J connectivity index is 1.38. The third kappa shape index (κ3) is 6.25. The van der Waals surface area contributed by atoms with Crippen molar-refractivity contribution in [1.29, 1.82) is 0 Å². The molecule has 1 aromatic heterocycles. The first kappa shape index (κ1) is 21.7. The van der Waals surface area contributed by atoms with Crippen molar-refractivity contribution in [2.24, 2.45) is 0 Å². The van der Waals surface area contributed by atoms with Crippen LogP contribution in [0.5, 0.6) is 0 Å². The number of halogens is 1. The minimum Gasteiger partial charge on any atom is -0.462 e. The normalized spacial score (nSPS) is 14.4. The summed E-state index contributed by atoms with van der Waals surface area (Å²) in [5.74, 6) is 0.174. The summed E-state index contributed by atoms with van der Waals surface area (Å²) < 4.78 is 17.9. The summed E-state index contributed by atoms with van der Waals surface area (Å²) in [6, 6.07) is 9.86. The van der Waals surface area contributed by atoms with E-state index >= 15 is 0 Å². The zero-order valence-corrected chi connectivity index (χ0v) is 17.1. The molecular weight excluding hydrogens is 387 g/mol. The highest BCUT2D eigenvalue weighted by atomic mass is 19.1. The third-order valence-corrected chi connectivity index (χ3v) is 4.97. The van der Waals surface area contributed by atoms with Crippen LogP contribution >= 0.6 is 0 Å². The van der Waals surface area contributed by atoms with E-state index in [2.05, 4.69) is 20.1 Å². The fourth-order valence-electron chi connectivity index (χ4n) is 3.30. The van der Waals surface area contributed by atoms with Crippen LogP contribution in [0.3, 0.4) is 0 Å². The Hall–Kier alpha value is -3.00. The Morgan fingerprint density at radius 1 is 1.10 bits per heavy atom. The van der Waals surface area contributed by atoms with Gasteiger partial charge in [-0.15, -0.1) is 0 Å². The van der Waals surface area contributed by atoms with Crippen molar-refractivity contribution in [3.63, 3.8) is 0 Å². The van der Waals surface area contributed by atoms with Crippen LogP contribution in [0.1, 0.15) is 22.8 Å². The van der Waals surface area contributed by atoms with Gasteiger partial charge in [0.05, 0.1) is 18.7 Å². The highest BCUT2D eigenvalue weighted by molar-refractivity contribution is 5.89. The fraction of sp³-hybridized carbons (Fsp3) is 0.409. The zero-order valence-electron chi connectivity index (χ0n) is 17.1. The lowest BCUT2D eigenvalue weighted by Gasteiger charge is -2.35. The van der Waals surface area contributed by atoms with Gasteiger partial charge in [-0.1, -0.05) is 12.1 Å². The second-order valence-corrected chi connectivity index (χ2v) is 7.12. The summed E-state index contributed by atoms with van der Waals surface area (Å²) in [5, 5.41) is 2.92. The van der Waals surface area contributed by atoms with Gasteiger partial charge >= 0.3 is 5.97 Å². The van der Waals surface area contributed by atoms with Gasteiger partial charge in [0.15, 0.2) is 0 Å². The van der Waals surface area contributed by atoms with Gasteiger partial charge in [0.25, 0.3) is 0 Å². The standard InChI is InChI=1S/C22H27FN4O3/c1-2-30-22(29)18-5-8-20(25-15-18)27-13-11-26(12-14-27)16-21(28)24-10-9-17-3-6-19(23)7-4-17/h3-8,15H,2,9-14,16H2,1H3,(H,24,28). The number of esters is 1. The first-order chi connectivity index (χ1) is 14.5. The average molecular weight is 414 g/mol. The first-order valence-corrected chi connectivity index (χ1v) is 10.2. The lowest BCUT2D eigenvalue weighted by atomic mass is 10.1. The smallest absolute Gasteiger partial charge is 0.339 e. The van der Waals surface area contributed by atoms with Crippen molar-refractivity contribution in [1.82, 2.24) is 15.2 Å². The third-order valence-electron chi connectivity index (χ3n) is 4.97. The molecule has 1 aliphatic rings. The Labute approximate surface area is 175 Å². The molecule has 1 aliphatic heterocycles. The van der Waals surface area contributed by atoms with Crippen LogP contribution in [0, 0.1) is 5.82 Å². The number of benzene rings is 1. The van der Waals surface area contributed by atoms with Crippen LogP contribution < -0.4 is 10.2 Å². The second-order valence-electron chi connectivity index (χ2n) is 7.12. The number of pyridine rings is 1. The molecule has 30 heavy (non-hydrogen) atoms. The van der Waals surface area contributed by atoms with E-state index in [-0.39, 0.29) is 17.7 Å². The quantitative estimate of drug-likeness (QED) is 0.665. The number of carbonyl (C=O) groups is 2. The molecule has 160 valence electrons. The van der Waals surface area contributed by atoms with Gasteiger partial charge in [-0.2, -0.15) is 0 Å². The van der Waals surface area contributed by atoms with Gasteiger partial charge in [0, 0.05) is 38.9 Å². The monoisotopic (exact) mass is 414 g/mol. The predicted octanol–water partition coefficient (Wildman–Crippen LogP) is 1.88. The predicted molar refractivity (Wildman–Crippen MR) is 112 cm³/mol. The number of nitrogens with one attached hydrogen (secondary N) is 1. The summed E-state index contributed by atoms with van der Waals surface area (Å²) in [7, 11) is 0. The summed E-state index contributed by atoms with van der Waals surface area (Å²) in [5.41, 5.74) is 1.43. The number of carbonyl (C=O) groups excluding carboxylic acids is 2. The van der Waals surface area contributed by atoms with E-state index in [0.29, 0.717) is 31.7 Å². The van der Waals surface area contributed by atoms with Crippen LogP contribution in [0.2, 0.25) is 0 Å². The maximum Gasteiger partial charge on any atom is 0.339 e. The van der Waals surface area contributed by atoms with Crippen molar-refractivity contribution < 1.29 is 18.7 Å². The van der Waals surface area contributed by atoms with Gasteiger partial charge in [-0.25, -0.2) is 14.2 Å². The van der Waals surface area contributed by atoms with E-state index in [4.69, 9.17) is 4.74 Å². The first-order valence-electron chi connectivity index (χ1n) is 10.2. The van der Waals surface area contributed by atoms with Gasteiger partial charge in [-0.3, -0.25) is 9.69 Å². The van der Waals surface area contributed by atoms with E-state index in [1.54, 1.807) is 25.1 Å². The molecule has 0 saturated carbocycles. The lowest BCUT2D eigenvalue weighted by Crippen LogP contribution is -2.49. The summed E-state index contributed by atoms with van der Waals surface area (Å²) in [6.45, 7) is 6.02. The molecule has 0 aliphatic carbocycles. The minimum atomic E-state index is -0.369. The van der Waals surface area contributed by atoms with Crippen molar-refractivity contribution in [2.45, 2.75) is 13.3 Å². The summed E-state index contributed by atoms with van der Waals surface area (Å²) >= 11 is 0. The lowest BCUT2D eigenvalue weighted by molar-refractivity contribution is -0.122. The summed E-state index contributed by atoms with van der Waals surface area (Å²) in [6.07, 6.45) is 2.21. The second kappa shape index (κ2) is 10.7. The minimum absolute atomic E-state index is 0.0116. The number of piperazine rings is 1. The number of anilines is 1. The molecule has 0 radical (unpaired) electrons. The Bertz CT molecular complexity index is 834. The number of hydrogen-bond donors (Lipinski definition) is 1. The highest BCUT2D eigenvalue weighted by Gasteiger charge is 2.20. The number of amides is 1. The van der Waals surface area contributed by atoms with Gasteiger partial charge < -0.3 is 15.0 Å². The largest absolute Gasteiger partial charge is 0.462 e. The maximum atomic E-state index is 12.9. The molecule has 1 fully saturated rings. The Morgan fingerprint density at radius 2 is 1.83 bits per heavy atom. The summed E-state index contributed by atoms with van der Waals surface area (Å²) in [4.78, 5) is 32.5. The van der Waals surface area contributed by atoms with Crippen molar-refractivity contribution in [3.8, 4) is 0 Å². The van der Waals surface area contributed by atoms with Gasteiger partial charge in [-0.05, 0) is 43.2 Å². The molecule has 1 amide bonds. The average Bonchev–Trinajstić information content (AvgIpc) is 2.76. The molecule has 1 saturated heterocycles. The number of aromatic nitrogens is 1. The number of ether oxygens (including phenoxy) is 1. The van der Waals surface area contributed by atoms with Crippen LogP contribution in [-0.4, -0.2) is 67.6 Å². The van der Waals surface area contributed by atoms with Gasteiger partial charge in [0.2, 0.25) is 5.91 Å². The molecule has 3 rings (SSSR count). The Kier molecular flexibility index (Phi) is 7.73. The molecule has 2 aromatic rings. The van der Waals surface area contributed by atoms with Crippen LogP contribution in [-0.2, 0) is 16.0 Å². The molecule has 0 unspecified atom stereocenters. The van der Waals surface area contributed by atoms with Gasteiger partial charge in [0.1, 0.15) is 11.6 Å². The van der Waals surface area contributed by atoms with E-state index in [0.717, 1.165) is 37.6 Å². The molecule has 0 bridgehead atoms. The van der Waals surface area contributed by atoms with E-state index in [1.165, 1.54) is 18.3 Å². The highest BCUT2D eigenvalue weighted by Crippen LogP contribution is 2.14. The number of rotatable bonds is 8. The molecular formula is C22H27FN4O3. The molecule has 1 N–H and O–H groups in total. The molecule has 7 nitrogen and oxygen atoms in total. The molecule has 0 atom stereocenters. The number of nitrogens with zero attached hydrogens (tertiary/aromatic N) is 3. The molecule has 0 spiro atoms. The maximum absolute atomic E-state index is 12.9. The topological polar surface area (TPSA) is 74.8 Å². The van der Waals surface area contributed by atoms with Crippen LogP contribution in [0.15, 0.2) is 42.6 Å². The van der Waals surface area contributed by atoms with Crippen molar-refractivity contribution in [2.75, 3.05) is 50.8 Å². The zero-order chi connectivity index (χ0) is 21.3. The Morgan fingerprint density at radius 3 is 2.47 bits per heavy atom. The van der Waals surface area contributed by atoms with E-state index in [1.807, 2.05) is 6.07 Å². The van der Waals surface area contributed by atoms with E-state index in [9.17, 15) is 14.0 Å². The van der Waals surface area contributed by atoms with Crippen LogP contribution in [0.4, 0.5) is 10.2 Å². The molecule has 8 heteroatoms. The number of hydrogen-bond acceptors (Lipinski definition) is 6. The van der Waals surface area contributed by atoms with Crippen LogP contribution in [0.25, 0.3) is 0 Å². The van der Waals surface area contributed by atoms with Crippen molar-refractivity contribution >= 4 is 17.7 Å².